The maximum atomic E-state index is 12.7. The zero-order chi connectivity index (χ0) is 22.1. The number of carbonyl (C=O) groups is 2. The van der Waals surface area contributed by atoms with E-state index >= 15 is 0 Å². The summed E-state index contributed by atoms with van der Waals surface area (Å²) in [4.78, 5) is 41.4. The highest BCUT2D eigenvalue weighted by Crippen LogP contribution is 2.32. The maximum Gasteiger partial charge on any atom is 0.325 e. The summed E-state index contributed by atoms with van der Waals surface area (Å²) in [5.41, 5.74) is -0.836. The predicted molar refractivity (Wildman–Crippen MR) is 109 cm³/mol. The molecule has 1 saturated heterocycles. The van der Waals surface area contributed by atoms with E-state index in [1.807, 2.05) is 0 Å². The Morgan fingerprint density at radius 1 is 1.37 bits per heavy atom. The van der Waals surface area contributed by atoms with Gasteiger partial charge in [-0.15, -0.1) is 0 Å². The number of fused-ring (bicyclic) bond motifs is 1. The first-order valence-corrected chi connectivity index (χ1v) is 9.91. The molecule has 1 unspecified atom stereocenters. The third-order valence-electron chi connectivity index (χ3n) is 4.81. The molecule has 0 aromatic carbocycles. The van der Waals surface area contributed by atoms with Gasteiger partial charge in [0.25, 0.3) is 11.5 Å². The maximum absolute atomic E-state index is 12.7. The first kappa shape index (κ1) is 21.8. The molecule has 0 bridgehead atoms. The van der Waals surface area contributed by atoms with Crippen molar-refractivity contribution >= 4 is 22.9 Å². The number of amides is 1. The number of aromatic nitrogens is 2. The number of aromatic hydroxyl groups is 1. The zero-order valence-corrected chi connectivity index (χ0v) is 17.7. The fourth-order valence-electron chi connectivity index (χ4n) is 3.42. The Labute approximate surface area is 174 Å². The molecule has 2 N–H and O–H groups in total. The number of hydrogen-bond acceptors (Lipinski definition) is 7. The summed E-state index contributed by atoms with van der Waals surface area (Å²) >= 11 is 0. The minimum Gasteiger partial charge on any atom is -0.506 e. The van der Waals surface area contributed by atoms with Gasteiger partial charge in [0.1, 0.15) is 29.1 Å². The molecule has 3 rings (SSSR count). The molecule has 0 saturated carbocycles. The Balaban J connectivity index is 1.93. The highest BCUT2D eigenvalue weighted by atomic mass is 16.6. The first-order valence-electron chi connectivity index (χ1n) is 9.91. The average molecular weight is 417 g/mol. The standard InChI is InChI=1S/C21H27N3O6/c1-21(2,3)30-15(25)11-23-19(27)16-17(26)13-9-12(14-7-5-6-8-29-14)10-22-18(13)24(4)20(16)28/h9-10,14,26H,5-8,11H2,1-4H3,(H,23,27). The highest BCUT2D eigenvalue weighted by molar-refractivity contribution is 6.02. The summed E-state index contributed by atoms with van der Waals surface area (Å²) in [6.45, 7) is 5.35. The van der Waals surface area contributed by atoms with E-state index in [0.717, 1.165) is 24.8 Å². The summed E-state index contributed by atoms with van der Waals surface area (Å²) in [5.74, 6) is -1.98. The normalized spacial score (nSPS) is 17.0. The number of pyridine rings is 2. The highest BCUT2D eigenvalue weighted by Gasteiger charge is 2.25. The lowest BCUT2D eigenvalue weighted by Crippen LogP contribution is -2.37. The number of ether oxygens (including phenoxy) is 2. The Morgan fingerprint density at radius 3 is 2.73 bits per heavy atom. The molecule has 9 heteroatoms. The Hall–Kier alpha value is -2.94. The van der Waals surface area contributed by atoms with Crippen LogP contribution in [-0.4, -0.2) is 45.3 Å². The number of hydrogen-bond donors (Lipinski definition) is 2. The fourth-order valence-corrected chi connectivity index (χ4v) is 3.42. The van der Waals surface area contributed by atoms with Crippen molar-refractivity contribution in [2.75, 3.05) is 13.2 Å². The van der Waals surface area contributed by atoms with Gasteiger partial charge >= 0.3 is 5.97 Å². The summed E-state index contributed by atoms with van der Waals surface area (Å²) in [7, 11) is 1.47. The Bertz CT molecular complexity index is 1030. The summed E-state index contributed by atoms with van der Waals surface area (Å²) in [6.07, 6.45) is 4.35. The van der Waals surface area contributed by atoms with Crippen molar-refractivity contribution in [1.29, 1.82) is 0 Å². The molecule has 1 aliphatic heterocycles. The van der Waals surface area contributed by atoms with E-state index in [0.29, 0.717) is 6.61 Å². The van der Waals surface area contributed by atoms with Gasteiger partial charge in [-0.1, -0.05) is 0 Å². The number of aryl methyl sites for hydroxylation is 1. The largest absolute Gasteiger partial charge is 0.506 e. The minimum absolute atomic E-state index is 0.142. The third kappa shape index (κ3) is 4.62. The smallest absolute Gasteiger partial charge is 0.325 e. The molecule has 1 atom stereocenters. The molecule has 0 aliphatic carbocycles. The van der Waals surface area contributed by atoms with Crippen molar-refractivity contribution in [1.82, 2.24) is 14.9 Å². The van der Waals surface area contributed by atoms with Crippen LogP contribution in [0.2, 0.25) is 0 Å². The third-order valence-corrected chi connectivity index (χ3v) is 4.81. The van der Waals surface area contributed by atoms with Crippen LogP contribution in [0.1, 0.15) is 62.1 Å². The van der Waals surface area contributed by atoms with Crippen LogP contribution in [0.4, 0.5) is 0 Å². The second-order valence-corrected chi connectivity index (χ2v) is 8.35. The SMILES string of the molecule is Cn1c(=O)c(C(=O)NCC(=O)OC(C)(C)C)c(O)c2cc(C3CCCCO3)cnc21. The molecule has 1 aliphatic rings. The lowest BCUT2D eigenvalue weighted by atomic mass is 10.0. The molecule has 2 aromatic rings. The van der Waals surface area contributed by atoms with E-state index in [4.69, 9.17) is 9.47 Å². The van der Waals surface area contributed by atoms with Gasteiger partial charge in [0, 0.05) is 19.9 Å². The van der Waals surface area contributed by atoms with Crippen LogP contribution in [0, 0.1) is 0 Å². The molecule has 1 fully saturated rings. The van der Waals surface area contributed by atoms with Crippen LogP contribution < -0.4 is 10.9 Å². The van der Waals surface area contributed by atoms with Crippen molar-refractivity contribution in [2.24, 2.45) is 7.05 Å². The summed E-state index contributed by atoms with van der Waals surface area (Å²) < 4.78 is 12.1. The van der Waals surface area contributed by atoms with Gasteiger partial charge in [0.15, 0.2) is 0 Å². The Morgan fingerprint density at radius 2 is 2.10 bits per heavy atom. The van der Waals surface area contributed by atoms with E-state index in [-0.39, 0.29) is 17.1 Å². The van der Waals surface area contributed by atoms with Gasteiger partial charge in [-0.3, -0.25) is 19.0 Å². The predicted octanol–water partition coefficient (Wildman–Crippen LogP) is 1.95. The second-order valence-electron chi connectivity index (χ2n) is 8.35. The van der Waals surface area contributed by atoms with Gasteiger partial charge in [-0.05, 0) is 51.7 Å². The molecule has 0 spiro atoms. The molecule has 0 radical (unpaired) electrons. The van der Waals surface area contributed by atoms with Crippen molar-refractivity contribution in [2.45, 2.75) is 51.7 Å². The van der Waals surface area contributed by atoms with Crippen molar-refractivity contribution in [3.63, 3.8) is 0 Å². The summed E-state index contributed by atoms with van der Waals surface area (Å²) in [6, 6.07) is 1.69. The van der Waals surface area contributed by atoms with Crippen molar-refractivity contribution in [3.8, 4) is 5.75 Å². The Kier molecular flexibility index (Phi) is 6.12. The van der Waals surface area contributed by atoms with Crippen molar-refractivity contribution in [3.05, 3.63) is 33.7 Å². The van der Waals surface area contributed by atoms with E-state index in [2.05, 4.69) is 10.3 Å². The van der Waals surface area contributed by atoms with E-state index in [1.165, 1.54) is 11.6 Å². The van der Waals surface area contributed by atoms with Gasteiger partial charge < -0.3 is 19.9 Å². The number of rotatable bonds is 4. The van der Waals surface area contributed by atoms with Gasteiger partial charge in [0.2, 0.25) is 0 Å². The number of nitrogens with one attached hydrogen (secondary N) is 1. The van der Waals surface area contributed by atoms with Crippen LogP contribution in [0.25, 0.3) is 11.0 Å². The van der Waals surface area contributed by atoms with Crippen LogP contribution in [-0.2, 0) is 21.3 Å². The van der Waals surface area contributed by atoms with Gasteiger partial charge in [-0.25, -0.2) is 4.98 Å². The first-order chi connectivity index (χ1) is 14.1. The van der Waals surface area contributed by atoms with Crippen LogP contribution in [0.3, 0.4) is 0 Å². The monoisotopic (exact) mass is 417 g/mol. The molecular formula is C21H27N3O6. The van der Waals surface area contributed by atoms with Crippen LogP contribution >= 0.6 is 0 Å². The number of carbonyl (C=O) groups excluding carboxylic acids is 2. The number of esters is 1. The molecule has 3 heterocycles. The molecule has 2 aromatic heterocycles. The molecular weight excluding hydrogens is 390 g/mol. The number of nitrogens with zero attached hydrogens (tertiary/aromatic N) is 2. The van der Waals surface area contributed by atoms with Crippen molar-refractivity contribution < 1.29 is 24.2 Å². The lowest BCUT2D eigenvalue weighted by Gasteiger charge is -2.23. The fraction of sp³-hybridized carbons (Fsp3) is 0.524. The molecule has 1 amide bonds. The molecule has 9 nitrogen and oxygen atoms in total. The average Bonchev–Trinajstić information content (AvgIpc) is 2.70. The molecule has 30 heavy (non-hydrogen) atoms. The van der Waals surface area contributed by atoms with E-state index < -0.39 is 40.9 Å². The van der Waals surface area contributed by atoms with Crippen LogP contribution in [0.5, 0.6) is 5.75 Å². The minimum atomic E-state index is -0.861. The lowest BCUT2D eigenvalue weighted by molar-refractivity contribution is -0.153. The van der Waals surface area contributed by atoms with E-state index in [1.54, 1.807) is 33.0 Å². The summed E-state index contributed by atoms with van der Waals surface area (Å²) in [5, 5.41) is 13.3. The molecule has 162 valence electrons. The topological polar surface area (TPSA) is 120 Å². The zero-order valence-electron chi connectivity index (χ0n) is 17.7. The van der Waals surface area contributed by atoms with Crippen LogP contribution in [0.15, 0.2) is 17.1 Å². The second kappa shape index (κ2) is 8.43. The van der Waals surface area contributed by atoms with Gasteiger partial charge in [0.05, 0.1) is 11.5 Å². The van der Waals surface area contributed by atoms with E-state index in [9.17, 15) is 19.5 Å². The van der Waals surface area contributed by atoms with Gasteiger partial charge in [-0.2, -0.15) is 0 Å². The quantitative estimate of drug-likeness (QED) is 0.730.